The van der Waals surface area contributed by atoms with E-state index in [-0.39, 0.29) is 0 Å². The molecule has 1 aliphatic carbocycles. The molecule has 1 nitrogen and oxygen atoms in total. The number of pyridine rings is 1. The molecule has 0 saturated heterocycles. The Kier molecular flexibility index (Phi) is 2.45. The number of hydrogen-bond donors (Lipinski definition) is 0. The monoisotopic (exact) mass is 209 g/mol. The van der Waals surface area contributed by atoms with E-state index in [0.717, 1.165) is 0 Å². The van der Waals surface area contributed by atoms with Crippen molar-refractivity contribution in [2.45, 2.75) is 25.2 Å². The van der Waals surface area contributed by atoms with Gasteiger partial charge in [-0.3, -0.25) is 4.98 Å². The van der Waals surface area contributed by atoms with E-state index in [4.69, 9.17) is 0 Å². The molecule has 1 aromatic carbocycles. The predicted octanol–water partition coefficient (Wildman–Crippen LogP) is 3.35. The molecule has 80 valence electrons. The molecular formula is C15H15N. The van der Waals surface area contributed by atoms with E-state index in [0.29, 0.717) is 5.92 Å². The fourth-order valence-corrected chi connectivity index (χ4v) is 2.60. The second kappa shape index (κ2) is 4.09. The molecule has 1 aliphatic rings. The second-order valence-corrected chi connectivity index (χ2v) is 4.49. The van der Waals surface area contributed by atoms with Gasteiger partial charge < -0.3 is 0 Å². The molecule has 0 fully saturated rings. The number of benzene rings is 1. The number of aromatic nitrogens is 1. The van der Waals surface area contributed by atoms with Crippen molar-refractivity contribution in [1.29, 1.82) is 0 Å². The Labute approximate surface area is 96.2 Å². The SMILES string of the molecule is c1cncc(C2CCc3ccccc3C2)c1. The van der Waals surface area contributed by atoms with Gasteiger partial charge >= 0.3 is 0 Å². The maximum Gasteiger partial charge on any atom is 0.0302 e. The minimum atomic E-state index is 0.656. The van der Waals surface area contributed by atoms with Gasteiger partial charge in [0.25, 0.3) is 0 Å². The Balaban J connectivity index is 1.89. The minimum Gasteiger partial charge on any atom is -0.264 e. The van der Waals surface area contributed by atoms with E-state index in [1.165, 1.54) is 36.0 Å². The Hall–Kier alpha value is -1.63. The van der Waals surface area contributed by atoms with Gasteiger partial charge in [-0.1, -0.05) is 30.3 Å². The lowest BCUT2D eigenvalue weighted by molar-refractivity contribution is 0.583. The van der Waals surface area contributed by atoms with Crippen molar-refractivity contribution in [2.24, 2.45) is 0 Å². The number of fused-ring (bicyclic) bond motifs is 1. The van der Waals surface area contributed by atoms with Crippen LogP contribution in [0.2, 0.25) is 0 Å². The van der Waals surface area contributed by atoms with Crippen molar-refractivity contribution in [3.8, 4) is 0 Å². The molecule has 0 bridgehead atoms. The van der Waals surface area contributed by atoms with Crippen molar-refractivity contribution >= 4 is 0 Å². The van der Waals surface area contributed by atoms with Crippen LogP contribution in [-0.4, -0.2) is 4.98 Å². The summed E-state index contributed by atoms with van der Waals surface area (Å²) in [5, 5.41) is 0. The highest BCUT2D eigenvalue weighted by molar-refractivity contribution is 5.33. The first-order valence-electron chi connectivity index (χ1n) is 5.90. The molecule has 1 unspecified atom stereocenters. The summed E-state index contributed by atoms with van der Waals surface area (Å²) in [4.78, 5) is 4.22. The summed E-state index contributed by atoms with van der Waals surface area (Å²) in [6, 6.07) is 13.0. The first-order valence-corrected chi connectivity index (χ1v) is 5.90. The molecule has 1 heterocycles. The molecule has 0 spiro atoms. The van der Waals surface area contributed by atoms with Gasteiger partial charge in [-0.15, -0.1) is 0 Å². The Morgan fingerprint density at radius 3 is 2.69 bits per heavy atom. The van der Waals surface area contributed by atoms with Crippen LogP contribution in [0.1, 0.15) is 29.0 Å². The third kappa shape index (κ3) is 1.73. The highest BCUT2D eigenvalue weighted by Gasteiger charge is 2.19. The Bertz CT molecular complexity index is 476. The van der Waals surface area contributed by atoms with Gasteiger partial charge in [0, 0.05) is 12.4 Å². The lowest BCUT2D eigenvalue weighted by atomic mass is 9.81. The van der Waals surface area contributed by atoms with Crippen molar-refractivity contribution in [2.75, 3.05) is 0 Å². The fraction of sp³-hybridized carbons (Fsp3) is 0.267. The first kappa shape index (κ1) is 9.59. The average molecular weight is 209 g/mol. The summed E-state index contributed by atoms with van der Waals surface area (Å²) >= 11 is 0. The van der Waals surface area contributed by atoms with Crippen LogP contribution in [0.15, 0.2) is 48.8 Å². The number of nitrogens with zero attached hydrogens (tertiary/aromatic N) is 1. The largest absolute Gasteiger partial charge is 0.264 e. The van der Waals surface area contributed by atoms with Crippen LogP contribution in [0.3, 0.4) is 0 Å². The number of aryl methyl sites for hydroxylation is 1. The molecule has 0 radical (unpaired) electrons. The van der Waals surface area contributed by atoms with Gasteiger partial charge in [0.2, 0.25) is 0 Å². The van der Waals surface area contributed by atoms with E-state index in [9.17, 15) is 0 Å². The van der Waals surface area contributed by atoms with Crippen LogP contribution in [0, 0.1) is 0 Å². The molecular weight excluding hydrogens is 194 g/mol. The maximum absolute atomic E-state index is 4.22. The van der Waals surface area contributed by atoms with Crippen LogP contribution < -0.4 is 0 Å². The molecule has 16 heavy (non-hydrogen) atoms. The lowest BCUT2D eigenvalue weighted by Gasteiger charge is -2.24. The molecule has 2 aromatic rings. The molecule has 3 rings (SSSR count). The summed E-state index contributed by atoms with van der Waals surface area (Å²) in [6.07, 6.45) is 7.49. The van der Waals surface area contributed by atoms with Crippen LogP contribution >= 0.6 is 0 Å². The van der Waals surface area contributed by atoms with Crippen LogP contribution in [0.25, 0.3) is 0 Å². The van der Waals surface area contributed by atoms with Crippen molar-refractivity contribution < 1.29 is 0 Å². The van der Waals surface area contributed by atoms with Gasteiger partial charge in [0.05, 0.1) is 0 Å². The third-order valence-electron chi connectivity index (χ3n) is 3.50. The average Bonchev–Trinajstić information content (AvgIpc) is 2.39. The van der Waals surface area contributed by atoms with Crippen LogP contribution in [-0.2, 0) is 12.8 Å². The third-order valence-corrected chi connectivity index (χ3v) is 3.50. The normalized spacial score (nSPS) is 19.1. The Morgan fingerprint density at radius 2 is 1.88 bits per heavy atom. The molecule has 0 aliphatic heterocycles. The molecule has 1 aromatic heterocycles. The van der Waals surface area contributed by atoms with Gasteiger partial charge in [0.15, 0.2) is 0 Å². The molecule has 1 atom stereocenters. The van der Waals surface area contributed by atoms with E-state index < -0.39 is 0 Å². The fourth-order valence-electron chi connectivity index (χ4n) is 2.60. The summed E-state index contributed by atoms with van der Waals surface area (Å²) in [5.74, 6) is 0.656. The smallest absolute Gasteiger partial charge is 0.0302 e. The predicted molar refractivity (Wildman–Crippen MR) is 65.4 cm³/mol. The van der Waals surface area contributed by atoms with E-state index in [1.54, 1.807) is 0 Å². The van der Waals surface area contributed by atoms with E-state index in [1.807, 2.05) is 18.5 Å². The summed E-state index contributed by atoms with van der Waals surface area (Å²) in [6.45, 7) is 0. The van der Waals surface area contributed by atoms with Gasteiger partial charge in [-0.2, -0.15) is 0 Å². The van der Waals surface area contributed by atoms with E-state index >= 15 is 0 Å². The number of rotatable bonds is 1. The van der Waals surface area contributed by atoms with Crippen molar-refractivity contribution in [3.05, 3.63) is 65.5 Å². The zero-order valence-corrected chi connectivity index (χ0v) is 9.26. The summed E-state index contributed by atoms with van der Waals surface area (Å²) in [7, 11) is 0. The minimum absolute atomic E-state index is 0.656. The standard InChI is InChI=1S/C15H15N/c1-2-5-13-10-14(8-7-12(13)4-1)15-6-3-9-16-11-15/h1-6,9,11,14H,7-8,10H2. The van der Waals surface area contributed by atoms with E-state index in [2.05, 4.69) is 35.3 Å². The summed E-state index contributed by atoms with van der Waals surface area (Å²) < 4.78 is 0. The summed E-state index contributed by atoms with van der Waals surface area (Å²) in [5.41, 5.74) is 4.43. The van der Waals surface area contributed by atoms with Crippen LogP contribution in [0.4, 0.5) is 0 Å². The first-order chi connectivity index (χ1) is 7.93. The molecule has 0 amide bonds. The van der Waals surface area contributed by atoms with Crippen LogP contribution in [0.5, 0.6) is 0 Å². The molecule has 1 heteroatoms. The maximum atomic E-state index is 4.22. The molecule has 0 N–H and O–H groups in total. The van der Waals surface area contributed by atoms with Gasteiger partial charge in [-0.05, 0) is 47.9 Å². The topological polar surface area (TPSA) is 12.9 Å². The zero-order chi connectivity index (χ0) is 10.8. The molecule has 0 saturated carbocycles. The van der Waals surface area contributed by atoms with Crippen molar-refractivity contribution in [3.63, 3.8) is 0 Å². The Morgan fingerprint density at radius 1 is 1.00 bits per heavy atom. The van der Waals surface area contributed by atoms with Crippen molar-refractivity contribution in [1.82, 2.24) is 4.98 Å². The van der Waals surface area contributed by atoms with Gasteiger partial charge in [-0.25, -0.2) is 0 Å². The lowest BCUT2D eigenvalue weighted by Crippen LogP contribution is -2.12. The quantitative estimate of drug-likeness (QED) is 0.702. The highest BCUT2D eigenvalue weighted by Crippen LogP contribution is 2.31. The second-order valence-electron chi connectivity index (χ2n) is 4.49. The van der Waals surface area contributed by atoms with Gasteiger partial charge in [0.1, 0.15) is 0 Å². The highest BCUT2D eigenvalue weighted by atomic mass is 14.6. The zero-order valence-electron chi connectivity index (χ0n) is 9.26. The number of hydrogen-bond acceptors (Lipinski definition) is 1.